The van der Waals surface area contributed by atoms with E-state index in [1.54, 1.807) is 41.7 Å². The molecule has 2 heterocycles. The molecule has 3 aromatic rings. The van der Waals surface area contributed by atoms with Gasteiger partial charge in [0.15, 0.2) is 0 Å². The van der Waals surface area contributed by atoms with Crippen LogP contribution >= 0.6 is 0 Å². The zero-order valence-electron chi connectivity index (χ0n) is 24.3. The Labute approximate surface area is 253 Å². The number of sulfonamides is 2. The highest BCUT2D eigenvalue weighted by molar-refractivity contribution is 7.89. The van der Waals surface area contributed by atoms with Crippen molar-refractivity contribution >= 4 is 30.8 Å². The lowest BCUT2D eigenvalue weighted by Gasteiger charge is -2.38. The topological polar surface area (TPSA) is 125 Å². The summed E-state index contributed by atoms with van der Waals surface area (Å²) in [4.78, 5) is 0.487. The Kier molecular flexibility index (Phi) is 8.55. The fourth-order valence-corrected chi connectivity index (χ4v) is 8.94. The van der Waals surface area contributed by atoms with Crippen LogP contribution in [0.4, 0.5) is 0 Å². The largest absolute Gasteiger partial charge is 0.491 e. The van der Waals surface area contributed by atoms with Gasteiger partial charge >= 0.3 is 0 Å². The molecule has 6 rings (SSSR count). The molecule has 0 bridgehead atoms. The zero-order chi connectivity index (χ0) is 30.2. The molecule has 232 valence electrons. The quantitative estimate of drug-likeness (QED) is 0.332. The number of nitrogens with zero attached hydrogens (tertiary/aromatic N) is 2. The maximum atomic E-state index is 13.4. The number of ether oxygens (including phenoxy) is 2. The lowest BCUT2D eigenvalue weighted by atomic mass is 9.88. The second kappa shape index (κ2) is 12.1. The van der Waals surface area contributed by atoms with Crippen molar-refractivity contribution in [2.75, 3.05) is 39.9 Å². The number of hydrogen-bond donors (Lipinski definition) is 2. The molecule has 0 amide bonds. The van der Waals surface area contributed by atoms with E-state index in [0.717, 1.165) is 30.0 Å². The standard InChI is InChI=1S/C31H39N3O7S2/c1-33(26-10-11-26)42(36,37)29-8-4-7-28(18-29)40-22-27(35)20-32-25-19-31(41-21-25)13-15-34(16-14-31)43(38,39)30-12-9-23-5-2-3-6-24(23)17-30/h2-9,12,17-18,25-27,32,35H,10-11,13-16,19-22H2,1H3/t25?,27-/m0/s1. The fourth-order valence-electron chi connectivity index (χ4n) is 6.01. The molecule has 0 aromatic heterocycles. The Morgan fingerprint density at radius 3 is 2.49 bits per heavy atom. The number of fused-ring (bicyclic) bond motifs is 1. The highest BCUT2D eigenvalue weighted by Crippen LogP contribution is 2.38. The van der Waals surface area contributed by atoms with Crippen molar-refractivity contribution in [1.82, 2.24) is 13.9 Å². The van der Waals surface area contributed by atoms with E-state index in [9.17, 15) is 21.9 Å². The van der Waals surface area contributed by atoms with E-state index in [2.05, 4.69) is 5.32 Å². The van der Waals surface area contributed by atoms with Gasteiger partial charge in [-0.1, -0.05) is 36.4 Å². The molecule has 1 unspecified atom stereocenters. The van der Waals surface area contributed by atoms with E-state index in [0.29, 0.717) is 43.2 Å². The van der Waals surface area contributed by atoms with E-state index >= 15 is 0 Å². The van der Waals surface area contributed by atoms with Gasteiger partial charge < -0.3 is 19.9 Å². The van der Waals surface area contributed by atoms with E-state index in [1.807, 2.05) is 30.3 Å². The maximum absolute atomic E-state index is 13.4. The maximum Gasteiger partial charge on any atom is 0.243 e. The van der Waals surface area contributed by atoms with Gasteiger partial charge in [-0.05, 0) is 67.1 Å². The Bertz CT molecular complexity index is 1670. The third-order valence-corrected chi connectivity index (χ3v) is 12.6. The first kappa shape index (κ1) is 30.4. The molecule has 43 heavy (non-hydrogen) atoms. The van der Waals surface area contributed by atoms with Crippen LogP contribution < -0.4 is 10.1 Å². The number of nitrogens with one attached hydrogen (secondary N) is 1. The predicted octanol–water partition coefficient (Wildman–Crippen LogP) is 2.96. The second-order valence-corrected chi connectivity index (χ2v) is 15.8. The molecule has 1 aliphatic carbocycles. The van der Waals surface area contributed by atoms with Gasteiger partial charge in [-0.15, -0.1) is 0 Å². The number of piperidine rings is 1. The number of hydrogen-bond acceptors (Lipinski definition) is 8. The zero-order valence-corrected chi connectivity index (χ0v) is 25.9. The Morgan fingerprint density at radius 2 is 1.74 bits per heavy atom. The molecular weight excluding hydrogens is 590 g/mol. The molecule has 3 aromatic carbocycles. The van der Waals surface area contributed by atoms with Crippen molar-refractivity contribution in [1.29, 1.82) is 0 Å². The Balaban J connectivity index is 0.966. The SMILES string of the molecule is CN(C1CC1)S(=O)(=O)c1cccc(OC[C@@H](O)CNC2COC3(CCN(S(=O)(=O)c4ccc5ccccc5c4)CC3)C2)c1. The van der Waals surface area contributed by atoms with Crippen LogP contribution in [0, 0.1) is 0 Å². The molecule has 2 atom stereocenters. The van der Waals surface area contributed by atoms with Crippen LogP contribution in [-0.4, -0.2) is 94.2 Å². The van der Waals surface area contributed by atoms with Gasteiger partial charge in [0, 0.05) is 44.8 Å². The molecule has 0 radical (unpaired) electrons. The molecule has 2 saturated heterocycles. The molecular formula is C31H39N3O7S2. The lowest BCUT2D eigenvalue weighted by molar-refractivity contribution is -0.0312. The molecule has 2 N–H and O–H groups in total. The van der Waals surface area contributed by atoms with Crippen LogP contribution in [0.1, 0.15) is 32.1 Å². The number of aliphatic hydroxyl groups excluding tert-OH is 1. The van der Waals surface area contributed by atoms with Gasteiger partial charge in [-0.2, -0.15) is 8.61 Å². The highest BCUT2D eigenvalue weighted by atomic mass is 32.2. The molecule has 1 spiro atoms. The summed E-state index contributed by atoms with van der Waals surface area (Å²) >= 11 is 0. The van der Waals surface area contributed by atoms with Crippen LogP contribution in [0.5, 0.6) is 5.75 Å². The Hall–Kier alpha value is -2.58. The molecule has 3 fully saturated rings. The van der Waals surface area contributed by atoms with Gasteiger partial charge in [-0.3, -0.25) is 0 Å². The summed E-state index contributed by atoms with van der Waals surface area (Å²) in [5, 5.41) is 15.8. The van der Waals surface area contributed by atoms with E-state index in [4.69, 9.17) is 9.47 Å². The summed E-state index contributed by atoms with van der Waals surface area (Å²) in [6, 6.07) is 19.4. The predicted molar refractivity (Wildman–Crippen MR) is 163 cm³/mol. The first-order valence-corrected chi connectivity index (χ1v) is 17.7. The van der Waals surface area contributed by atoms with Crippen molar-refractivity contribution in [3.8, 4) is 5.75 Å². The average Bonchev–Trinajstić information content (AvgIpc) is 3.80. The Morgan fingerprint density at radius 1 is 1.00 bits per heavy atom. The van der Waals surface area contributed by atoms with Gasteiger partial charge in [-0.25, -0.2) is 16.8 Å². The molecule has 1 saturated carbocycles. The summed E-state index contributed by atoms with van der Waals surface area (Å²) in [6.45, 7) is 1.57. The van der Waals surface area contributed by atoms with Gasteiger partial charge in [0.25, 0.3) is 0 Å². The summed E-state index contributed by atoms with van der Waals surface area (Å²) in [7, 11) is -5.58. The fraction of sp³-hybridized carbons (Fsp3) is 0.484. The minimum atomic E-state index is -3.60. The molecule has 3 aliphatic rings. The summed E-state index contributed by atoms with van der Waals surface area (Å²) < 4.78 is 67.3. The highest BCUT2D eigenvalue weighted by Gasteiger charge is 2.44. The number of rotatable bonds is 11. The molecule has 12 heteroatoms. The first-order chi connectivity index (χ1) is 20.6. The summed E-state index contributed by atoms with van der Waals surface area (Å²) in [6.07, 6.45) is 2.91. The lowest BCUT2D eigenvalue weighted by Crippen LogP contribution is -2.47. The minimum Gasteiger partial charge on any atom is -0.491 e. The van der Waals surface area contributed by atoms with Crippen molar-refractivity contribution in [3.63, 3.8) is 0 Å². The van der Waals surface area contributed by atoms with Crippen LogP contribution in [0.25, 0.3) is 10.8 Å². The van der Waals surface area contributed by atoms with Crippen molar-refractivity contribution in [3.05, 3.63) is 66.7 Å². The monoisotopic (exact) mass is 629 g/mol. The van der Waals surface area contributed by atoms with Crippen molar-refractivity contribution < 1.29 is 31.4 Å². The van der Waals surface area contributed by atoms with Gasteiger partial charge in [0.05, 0.1) is 22.0 Å². The van der Waals surface area contributed by atoms with E-state index in [1.165, 1.54) is 10.4 Å². The first-order valence-electron chi connectivity index (χ1n) is 14.8. The van der Waals surface area contributed by atoms with E-state index in [-0.39, 0.29) is 35.7 Å². The number of aliphatic hydroxyl groups is 1. The normalized spacial score (nSPS) is 21.9. The van der Waals surface area contributed by atoms with Crippen LogP contribution in [-0.2, 0) is 24.8 Å². The van der Waals surface area contributed by atoms with E-state index < -0.39 is 26.2 Å². The third-order valence-electron chi connectivity index (χ3n) is 8.83. The third kappa shape index (κ3) is 6.60. The van der Waals surface area contributed by atoms with Crippen LogP contribution in [0.15, 0.2) is 76.5 Å². The molecule has 2 aliphatic heterocycles. The second-order valence-electron chi connectivity index (χ2n) is 11.9. The van der Waals surface area contributed by atoms with Crippen molar-refractivity contribution in [2.45, 2.75) is 65.7 Å². The van der Waals surface area contributed by atoms with Crippen LogP contribution in [0.2, 0.25) is 0 Å². The average molecular weight is 630 g/mol. The van der Waals surface area contributed by atoms with Gasteiger partial charge in [0.2, 0.25) is 20.0 Å². The smallest absolute Gasteiger partial charge is 0.243 e. The van der Waals surface area contributed by atoms with Crippen LogP contribution in [0.3, 0.4) is 0 Å². The van der Waals surface area contributed by atoms with Crippen molar-refractivity contribution in [2.24, 2.45) is 0 Å². The molecule has 10 nitrogen and oxygen atoms in total. The van der Waals surface area contributed by atoms with Gasteiger partial charge in [0.1, 0.15) is 18.5 Å². The number of benzene rings is 3. The summed E-state index contributed by atoms with van der Waals surface area (Å²) in [5.41, 5.74) is -0.381. The minimum absolute atomic E-state index is 0.00920. The summed E-state index contributed by atoms with van der Waals surface area (Å²) in [5.74, 6) is 0.387.